The summed E-state index contributed by atoms with van der Waals surface area (Å²) in [5.41, 5.74) is 1.13. The number of sulfonamides is 1. The molecule has 1 aliphatic rings. The van der Waals surface area contributed by atoms with Crippen molar-refractivity contribution in [1.82, 2.24) is 18.8 Å². The molecule has 3 rings (SSSR count). The van der Waals surface area contributed by atoms with E-state index in [0.717, 1.165) is 5.56 Å². The van der Waals surface area contributed by atoms with E-state index >= 15 is 0 Å². The minimum absolute atomic E-state index is 0.0753. The van der Waals surface area contributed by atoms with Gasteiger partial charge in [0.15, 0.2) is 5.03 Å². The van der Waals surface area contributed by atoms with Gasteiger partial charge in [-0.3, -0.25) is 4.79 Å². The number of nitrogens with zero attached hydrogens (tertiary/aromatic N) is 4. The van der Waals surface area contributed by atoms with Crippen LogP contribution < -0.4 is 0 Å². The fourth-order valence-electron chi connectivity index (χ4n) is 3.22. The van der Waals surface area contributed by atoms with Crippen LogP contribution in [0.15, 0.2) is 41.6 Å². The van der Waals surface area contributed by atoms with Crippen molar-refractivity contribution in [2.45, 2.75) is 31.2 Å². The number of carbonyl (C=O) groups is 1. The smallest absolute Gasteiger partial charge is 0.262 e. The minimum atomic E-state index is -3.63. The lowest BCUT2D eigenvalue weighted by Crippen LogP contribution is -2.37. The van der Waals surface area contributed by atoms with Gasteiger partial charge in [0.25, 0.3) is 10.0 Å². The molecule has 1 aromatic carbocycles. The molecule has 0 N–H and O–H groups in total. The van der Waals surface area contributed by atoms with Crippen molar-refractivity contribution in [3.05, 3.63) is 47.9 Å². The van der Waals surface area contributed by atoms with Crippen LogP contribution in [0.5, 0.6) is 0 Å². The van der Waals surface area contributed by atoms with E-state index in [-0.39, 0.29) is 10.9 Å². The third-order valence-electron chi connectivity index (χ3n) is 4.97. The summed E-state index contributed by atoms with van der Waals surface area (Å²) >= 11 is 0. The van der Waals surface area contributed by atoms with Crippen molar-refractivity contribution < 1.29 is 13.2 Å². The lowest BCUT2D eigenvalue weighted by atomic mass is 10.1. The van der Waals surface area contributed by atoms with Crippen molar-refractivity contribution in [1.29, 1.82) is 0 Å². The van der Waals surface area contributed by atoms with Gasteiger partial charge < -0.3 is 9.47 Å². The van der Waals surface area contributed by atoms with Gasteiger partial charge in [0.1, 0.15) is 5.82 Å². The molecule has 0 spiro atoms. The average Bonchev–Trinajstić information content (AvgIpc) is 2.87. The molecule has 2 aromatic rings. The molecular weight excluding hydrogens is 364 g/mol. The summed E-state index contributed by atoms with van der Waals surface area (Å²) in [7, 11) is -1.85. The van der Waals surface area contributed by atoms with Gasteiger partial charge >= 0.3 is 0 Å². The summed E-state index contributed by atoms with van der Waals surface area (Å²) in [4.78, 5) is 18.5. The Morgan fingerprint density at radius 1 is 1.11 bits per heavy atom. The fourth-order valence-corrected chi connectivity index (χ4v) is 4.72. The first-order valence-electron chi connectivity index (χ1n) is 9.20. The van der Waals surface area contributed by atoms with E-state index in [1.165, 1.54) is 4.31 Å². The third-order valence-corrected chi connectivity index (χ3v) is 6.74. The van der Waals surface area contributed by atoms with Crippen LogP contribution in [0.4, 0.5) is 0 Å². The van der Waals surface area contributed by atoms with Crippen molar-refractivity contribution in [3.63, 3.8) is 0 Å². The highest BCUT2D eigenvalue weighted by Gasteiger charge is 2.30. The Labute approximate surface area is 160 Å². The van der Waals surface area contributed by atoms with Crippen molar-refractivity contribution in [2.24, 2.45) is 7.05 Å². The van der Waals surface area contributed by atoms with Crippen molar-refractivity contribution in [3.8, 4) is 0 Å². The Morgan fingerprint density at radius 2 is 1.85 bits per heavy atom. The standard InChI is InChI=1S/C19H26N4O3S/c1-16-20-18(15-21(16)2)27(25,26)23-12-6-11-22(13-14-23)19(24)10-9-17-7-4-3-5-8-17/h3-5,7-8,15H,6,9-14H2,1-2H3. The number of rotatable bonds is 5. The quantitative estimate of drug-likeness (QED) is 0.777. The van der Waals surface area contributed by atoms with Crippen LogP contribution in [0, 0.1) is 6.92 Å². The Balaban J connectivity index is 1.60. The number of benzene rings is 1. The third kappa shape index (κ3) is 4.56. The molecule has 8 heteroatoms. The van der Waals surface area contributed by atoms with Crippen molar-refractivity contribution >= 4 is 15.9 Å². The summed E-state index contributed by atoms with van der Waals surface area (Å²) in [6.45, 7) is 3.48. The summed E-state index contributed by atoms with van der Waals surface area (Å²) in [6, 6.07) is 9.91. The Kier molecular flexibility index (Phi) is 5.96. The topological polar surface area (TPSA) is 75.5 Å². The largest absolute Gasteiger partial charge is 0.341 e. The van der Waals surface area contributed by atoms with E-state index in [0.29, 0.717) is 51.3 Å². The van der Waals surface area contributed by atoms with E-state index in [1.807, 2.05) is 30.3 Å². The maximum absolute atomic E-state index is 12.8. The van der Waals surface area contributed by atoms with Gasteiger partial charge in [-0.05, 0) is 25.3 Å². The molecule has 0 atom stereocenters. The summed E-state index contributed by atoms with van der Waals surface area (Å²) in [5.74, 6) is 0.730. The summed E-state index contributed by atoms with van der Waals surface area (Å²) in [6.07, 6.45) is 3.31. The summed E-state index contributed by atoms with van der Waals surface area (Å²) in [5, 5.41) is 0.0753. The molecule has 0 bridgehead atoms. The lowest BCUT2D eigenvalue weighted by molar-refractivity contribution is -0.131. The fraction of sp³-hybridized carbons (Fsp3) is 0.474. The highest BCUT2D eigenvalue weighted by molar-refractivity contribution is 7.89. The predicted molar refractivity (Wildman–Crippen MR) is 103 cm³/mol. The van der Waals surface area contributed by atoms with Crippen LogP contribution in [-0.2, 0) is 28.3 Å². The van der Waals surface area contributed by atoms with E-state index in [1.54, 1.807) is 29.6 Å². The van der Waals surface area contributed by atoms with Crippen LogP contribution in [0.1, 0.15) is 24.2 Å². The second-order valence-electron chi connectivity index (χ2n) is 6.86. The molecule has 1 aliphatic heterocycles. The highest BCUT2D eigenvalue weighted by Crippen LogP contribution is 2.17. The van der Waals surface area contributed by atoms with Gasteiger partial charge in [-0.1, -0.05) is 30.3 Å². The molecule has 7 nitrogen and oxygen atoms in total. The Hall–Kier alpha value is -2.19. The second kappa shape index (κ2) is 8.22. The first kappa shape index (κ1) is 19.6. The number of amides is 1. The second-order valence-corrected chi connectivity index (χ2v) is 8.75. The molecule has 146 valence electrons. The average molecular weight is 391 g/mol. The molecule has 1 saturated heterocycles. The van der Waals surface area contributed by atoms with Crippen LogP contribution in [-0.4, -0.2) is 59.3 Å². The molecule has 1 fully saturated rings. The monoisotopic (exact) mass is 390 g/mol. The lowest BCUT2D eigenvalue weighted by Gasteiger charge is -2.21. The first-order valence-corrected chi connectivity index (χ1v) is 10.6. The SMILES string of the molecule is Cc1nc(S(=O)(=O)N2CCCN(C(=O)CCc3ccccc3)CC2)cn1C. The van der Waals surface area contributed by atoms with Gasteiger partial charge in [-0.25, -0.2) is 13.4 Å². The molecule has 0 aliphatic carbocycles. The first-order chi connectivity index (χ1) is 12.9. The molecule has 0 unspecified atom stereocenters. The van der Waals surface area contributed by atoms with Crippen LogP contribution in [0.2, 0.25) is 0 Å². The van der Waals surface area contributed by atoms with Crippen LogP contribution >= 0.6 is 0 Å². The zero-order valence-corrected chi connectivity index (χ0v) is 16.7. The molecule has 1 amide bonds. The van der Waals surface area contributed by atoms with E-state index in [4.69, 9.17) is 0 Å². The summed E-state index contributed by atoms with van der Waals surface area (Å²) < 4.78 is 28.8. The van der Waals surface area contributed by atoms with E-state index in [2.05, 4.69) is 4.98 Å². The highest BCUT2D eigenvalue weighted by atomic mass is 32.2. The zero-order chi connectivity index (χ0) is 19.4. The van der Waals surface area contributed by atoms with Gasteiger partial charge in [0, 0.05) is 45.8 Å². The van der Waals surface area contributed by atoms with E-state index in [9.17, 15) is 13.2 Å². The minimum Gasteiger partial charge on any atom is -0.341 e. The van der Waals surface area contributed by atoms with Crippen LogP contribution in [0.3, 0.4) is 0 Å². The number of hydrogen-bond donors (Lipinski definition) is 0. The number of aromatic nitrogens is 2. The number of carbonyl (C=O) groups excluding carboxylic acids is 1. The van der Waals surface area contributed by atoms with Gasteiger partial charge in [-0.15, -0.1) is 0 Å². The molecule has 0 radical (unpaired) electrons. The predicted octanol–water partition coefficient (Wildman–Crippen LogP) is 1.58. The Morgan fingerprint density at radius 3 is 2.52 bits per heavy atom. The molecule has 0 saturated carbocycles. The van der Waals surface area contributed by atoms with Crippen LogP contribution in [0.25, 0.3) is 0 Å². The van der Waals surface area contributed by atoms with Gasteiger partial charge in [-0.2, -0.15) is 4.31 Å². The molecule has 1 aromatic heterocycles. The zero-order valence-electron chi connectivity index (χ0n) is 15.8. The molecular formula is C19H26N4O3S. The van der Waals surface area contributed by atoms with E-state index < -0.39 is 10.0 Å². The van der Waals surface area contributed by atoms with Gasteiger partial charge in [0.05, 0.1) is 0 Å². The number of aryl methyl sites for hydroxylation is 3. The van der Waals surface area contributed by atoms with Crippen molar-refractivity contribution in [2.75, 3.05) is 26.2 Å². The normalized spacial score (nSPS) is 16.3. The maximum atomic E-state index is 12.8. The van der Waals surface area contributed by atoms with Gasteiger partial charge in [0.2, 0.25) is 5.91 Å². The Bertz CT molecular complexity index is 873. The molecule has 27 heavy (non-hydrogen) atoms. The molecule has 2 heterocycles. The number of hydrogen-bond acceptors (Lipinski definition) is 4. The number of imidazole rings is 1. The maximum Gasteiger partial charge on any atom is 0.262 e.